The van der Waals surface area contributed by atoms with E-state index in [0.717, 1.165) is 11.1 Å². The Morgan fingerprint density at radius 1 is 1.33 bits per heavy atom. The second-order valence-corrected chi connectivity index (χ2v) is 6.78. The predicted octanol–water partition coefficient (Wildman–Crippen LogP) is 4.30. The molecule has 0 spiro atoms. The predicted molar refractivity (Wildman–Crippen MR) is 83.4 cm³/mol. The number of fused-ring (bicyclic) bond motifs is 1. The van der Waals surface area contributed by atoms with Gasteiger partial charge in [0.25, 0.3) is 0 Å². The van der Waals surface area contributed by atoms with Gasteiger partial charge in [0.2, 0.25) is 0 Å². The summed E-state index contributed by atoms with van der Waals surface area (Å²) in [6.07, 6.45) is 0.331. The van der Waals surface area contributed by atoms with Crippen LogP contribution in [0.25, 0.3) is 0 Å². The van der Waals surface area contributed by atoms with Crippen LogP contribution in [0.2, 0.25) is 10.0 Å². The van der Waals surface area contributed by atoms with Crippen molar-refractivity contribution in [3.05, 3.63) is 27.2 Å². The van der Waals surface area contributed by atoms with E-state index in [4.69, 9.17) is 32.7 Å². The number of hydrogen-bond donors (Lipinski definition) is 0. The fourth-order valence-corrected chi connectivity index (χ4v) is 3.05. The van der Waals surface area contributed by atoms with Crippen molar-refractivity contribution in [2.75, 3.05) is 13.7 Å². The minimum atomic E-state index is -0.507. The molecule has 1 aromatic carbocycles. The number of carbonyl (C=O) groups is 1. The number of nitrogens with zero attached hydrogens (tertiary/aromatic N) is 1. The van der Waals surface area contributed by atoms with Crippen LogP contribution in [-0.4, -0.2) is 30.2 Å². The molecule has 0 atom stereocenters. The molecule has 0 bridgehead atoms. The first-order valence-electron chi connectivity index (χ1n) is 6.74. The maximum atomic E-state index is 12.1. The highest BCUT2D eigenvalue weighted by atomic mass is 35.5. The SMILES string of the molecule is COc1c(Cl)cc2c(c1Cl)CCN(C(=O)OC(C)(C)C)C2. The normalized spacial score (nSPS) is 14.7. The lowest BCUT2D eigenvalue weighted by Crippen LogP contribution is -2.40. The highest BCUT2D eigenvalue weighted by Gasteiger charge is 2.28. The van der Waals surface area contributed by atoms with E-state index in [9.17, 15) is 4.79 Å². The van der Waals surface area contributed by atoms with Gasteiger partial charge >= 0.3 is 6.09 Å². The molecule has 116 valence electrons. The average molecular weight is 332 g/mol. The summed E-state index contributed by atoms with van der Waals surface area (Å²) in [7, 11) is 1.54. The lowest BCUT2D eigenvalue weighted by Gasteiger charge is -2.32. The maximum absolute atomic E-state index is 12.1. The third-order valence-corrected chi connectivity index (χ3v) is 3.90. The zero-order valence-electron chi connectivity index (χ0n) is 12.6. The fourth-order valence-electron chi connectivity index (χ4n) is 2.30. The summed E-state index contributed by atoms with van der Waals surface area (Å²) in [5, 5.41) is 0.983. The molecular formula is C15H19Cl2NO3. The van der Waals surface area contributed by atoms with Gasteiger partial charge in [0.1, 0.15) is 5.60 Å². The Kier molecular flexibility index (Phi) is 4.59. The second-order valence-electron chi connectivity index (χ2n) is 6.00. The van der Waals surface area contributed by atoms with E-state index >= 15 is 0 Å². The smallest absolute Gasteiger partial charge is 0.410 e. The molecule has 0 fully saturated rings. The van der Waals surface area contributed by atoms with Gasteiger partial charge in [0.05, 0.1) is 17.2 Å². The molecule has 6 heteroatoms. The third kappa shape index (κ3) is 3.55. The lowest BCUT2D eigenvalue weighted by molar-refractivity contribution is 0.0224. The minimum absolute atomic E-state index is 0.323. The number of ether oxygens (including phenoxy) is 2. The van der Waals surface area contributed by atoms with Crippen molar-refractivity contribution in [2.24, 2.45) is 0 Å². The highest BCUT2D eigenvalue weighted by molar-refractivity contribution is 6.37. The van der Waals surface area contributed by atoms with Crippen LogP contribution in [0.5, 0.6) is 5.75 Å². The largest absolute Gasteiger partial charge is 0.494 e. The summed E-state index contributed by atoms with van der Waals surface area (Å²) in [5.41, 5.74) is 1.41. The number of amides is 1. The van der Waals surface area contributed by atoms with Gasteiger partial charge in [0, 0.05) is 13.1 Å². The average Bonchev–Trinajstić information content (AvgIpc) is 2.36. The Morgan fingerprint density at radius 2 is 2.00 bits per heavy atom. The standard InChI is InChI=1S/C15H19Cl2NO3/c1-15(2,3)21-14(19)18-6-5-10-9(8-18)7-11(16)13(20-4)12(10)17/h7H,5-6,8H2,1-4H3. The number of benzene rings is 1. The molecule has 0 saturated carbocycles. The maximum Gasteiger partial charge on any atom is 0.410 e. The Morgan fingerprint density at radius 3 is 2.57 bits per heavy atom. The topological polar surface area (TPSA) is 38.8 Å². The Labute approximate surface area is 134 Å². The molecule has 0 radical (unpaired) electrons. The van der Waals surface area contributed by atoms with Crippen LogP contribution in [0.15, 0.2) is 6.07 Å². The highest BCUT2D eigenvalue weighted by Crippen LogP contribution is 2.39. The van der Waals surface area contributed by atoms with Gasteiger partial charge in [-0.1, -0.05) is 23.2 Å². The van der Waals surface area contributed by atoms with Crippen molar-refractivity contribution in [3.8, 4) is 5.75 Å². The Balaban J connectivity index is 2.23. The van der Waals surface area contributed by atoms with Gasteiger partial charge in [-0.05, 0) is 44.4 Å². The van der Waals surface area contributed by atoms with E-state index in [2.05, 4.69) is 0 Å². The first kappa shape index (κ1) is 16.2. The molecule has 2 rings (SSSR count). The Hall–Kier alpha value is -1.13. The van der Waals surface area contributed by atoms with Gasteiger partial charge < -0.3 is 14.4 Å². The first-order valence-corrected chi connectivity index (χ1v) is 7.50. The van der Waals surface area contributed by atoms with Crippen molar-refractivity contribution >= 4 is 29.3 Å². The monoisotopic (exact) mass is 331 g/mol. The summed E-state index contributed by atoms with van der Waals surface area (Å²) in [6, 6.07) is 1.80. The summed E-state index contributed by atoms with van der Waals surface area (Å²) >= 11 is 12.5. The van der Waals surface area contributed by atoms with Crippen molar-refractivity contribution < 1.29 is 14.3 Å². The quantitative estimate of drug-likeness (QED) is 0.770. The first-order chi connectivity index (χ1) is 9.73. The van der Waals surface area contributed by atoms with Crippen LogP contribution in [0.3, 0.4) is 0 Å². The zero-order valence-corrected chi connectivity index (χ0v) is 14.1. The summed E-state index contributed by atoms with van der Waals surface area (Å²) in [4.78, 5) is 13.8. The van der Waals surface area contributed by atoms with Gasteiger partial charge in [0.15, 0.2) is 5.75 Å². The number of methoxy groups -OCH3 is 1. The fraction of sp³-hybridized carbons (Fsp3) is 0.533. The van der Waals surface area contributed by atoms with Crippen LogP contribution in [0.4, 0.5) is 4.79 Å². The molecule has 0 N–H and O–H groups in total. The molecule has 1 aliphatic rings. The molecule has 0 unspecified atom stereocenters. The lowest BCUT2D eigenvalue weighted by atomic mass is 9.99. The van der Waals surface area contributed by atoms with Crippen molar-refractivity contribution in [3.63, 3.8) is 0 Å². The van der Waals surface area contributed by atoms with E-state index in [-0.39, 0.29) is 6.09 Å². The molecular weight excluding hydrogens is 313 g/mol. The Bertz CT molecular complexity index is 567. The van der Waals surface area contributed by atoms with E-state index in [1.54, 1.807) is 11.0 Å². The molecule has 0 saturated heterocycles. The molecule has 1 aliphatic heterocycles. The van der Waals surface area contributed by atoms with Gasteiger partial charge in [-0.3, -0.25) is 0 Å². The molecule has 21 heavy (non-hydrogen) atoms. The molecule has 1 heterocycles. The van der Waals surface area contributed by atoms with Crippen LogP contribution in [0.1, 0.15) is 31.9 Å². The van der Waals surface area contributed by atoms with E-state index in [1.165, 1.54) is 7.11 Å². The number of halogens is 2. The molecule has 1 aromatic rings. The van der Waals surface area contributed by atoms with E-state index < -0.39 is 5.60 Å². The van der Waals surface area contributed by atoms with E-state index in [0.29, 0.717) is 35.3 Å². The van der Waals surface area contributed by atoms with Gasteiger partial charge in [-0.25, -0.2) is 4.79 Å². The van der Waals surface area contributed by atoms with E-state index in [1.807, 2.05) is 20.8 Å². The summed E-state index contributed by atoms with van der Waals surface area (Å²) < 4.78 is 10.6. The number of hydrogen-bond acceptors (Lipinski definition) is 3. The van der Waals surface area contributed by atoms with Crippen LogP contribution in [0, 0.1) is 0 Å². The second kappa shape index (κ2) is 5.93. The van der Waals surface area contributed by atoms with Crippen molar-refractivity contribution in [2.45, 2.75) is 39.3 Å². The van der Waals surface area contributed by atoms with Crippen LogP contribution in [-0.2, 0) is 17.7 Å². The van der Waals surface area contributed by atoms with Crippen molar-refractivity contribution in [1.29, 1.82) is 0 Å². The number of carbonyl (C=O) groups excluding carboxylic acids is 1. The van der Waals surface area contributed by atoms with Crippen molar-refractivity contribution in [1.82, 2.24) is 4.90 Å². The minimum Gasteiger partial charge on any atom is -0.494 e. The zero-order chi connectivity index (χ0) is 15.8. The van der Waals surface area contributed by atoms with Gasteiger partial charge in [-0.2, -0.15) is 0 Å². The molecule has 1 amide bonds. The molecule has 4 nitrogen and oxygen atoms in total. The summed E-state index contributed by atoms with van der Waals surface area (Å²) in [6.45, 7) is 6.55. The number of rotatable bonds is 1. The van der Waals surface area contributed by atoms with Crippen LogP contribution >= 0.6 is 23.2 Å². The van der Waals surface area contributed by atoms with Crippen LogP contribution < -0.4 is 4.74 Å². The molecule has 0 aliphatic carbocycles. The molecule has 0 aromatic heterocycles. The van der Waals surface area contributed by atoms with Gasteiger partial charge in [-0.15, -0.1) is 0 Å². The summed E-state index contributed by atoms with van der Waals surface area (Å²) in [5.74, 6) is 0.489. The third-order valence-electron chi connectivity index (χ3n) is 3.22.